The normalized spacial score (nSPS) is 12.4. The van der Waals surface area contributed by atoms with Gasteiger partial charge in [0.2, 0.25) is 0 Å². The Hall–Kier alpha value is -0.790. The zero-order valence-corrected chi connectivity index (χ0v) is 11.7. The van der Waals surface area contributed by atoms with E-state index in [0.717, 1.165) is 18.4 Å². The molecule has 0 amide bonds. The molecule has 0 aromatic rings. The molecule has 0 atom stereocenters. The van der Waals surface area contributed by atoms with Crippen molar-refractivity contribution in [2.24, 2.45) is 0 Å². The maximum Gasteiger partial charge on any atom is 0.331 e. The zero-order chi connectivity index (χ0) is 13.1. The van der Waals surface area contributed by atoms with E-state index in [4.69, 9.17) is 5.11 Å². The highest BCUT2D eigenvalue weighted by molar-refractivity contribution is 5.86. The van der Waals surface area contributed by atoms with Crippen LogP contribution in [-0.2, 0) is 4.79 Å². The Balaban J connectivity index is 3.46. The van der Waals surface area contributed by atoms with E-state index >= 15 is 0 Å². The van der Waals surface area contributed by atoms with Gasteiger partial charge in [0, 0.05) is 5.57 Å². The van der Waals surface area contributed by atoms with E-state index in [0.29, 0.717) is 5.57 Å². The van der Waals surface area contributed by atoms with Crippen LogP contribution in [-0.4, -0.2) is 11.1 Å². The second-order valence-corrected chi connectivity index (χ2v) is 4.94. The molecule has 0 aliphatic carbocycles. The first kappa shape index (κ1) is 16.2. The largest absolute Gasteiger partial charge is 0.478 e. The highest BCUT2D eigenvalue weighted by Gasteiger charge is 2.04. The number of carbonyl (C=O) groups is 1. The van der Waals surface area contributed by atoms with Gasteiger partial charge in [-0.2, -0.15) is 0 Å². The molecule has 0 aliphatic heterocycles. The van der Waals surface area contributed by atoms with Crippen molar-refractivity contribution in [2.45, 2.75) is 78.6 Å². The Kier molecular flexibility index (Phi) is 9.89. The van der Waals surface area contributed by atoms with E-state index < -0.39 is 5.97 Å². The topological polar surface area (TPSA) is 37.3 Å². The number of aliphatic carboxylic acids is 1. The minimum atomic E-state index is -0.776. The van der Waals surface area contributed by atoms with Crippen LogP contribution in [0.2, 0.25) is 0 Å². The molecule has 0 saturated heterocycles. The predicted molar refractivity (Wildman–Crippen MR) is 73.2 cm³/mol. The summed E-state index contributed by atoms with van der Waals surface area (Å²) in [6, 6.07) is 0. The number of rotatable bonds is 10. The highest BCUT2D eigenvalue weighted by atomic mass is 16.4. The molecule has 100 valence electrons. The molecule has 0 fully saturated rings. The van der Waals surface area contributed by atoms with Crippen molar-refractivity contribution in [3.63, 3.8) is 0 Å². The number of unbranched alkanes of at least 4 members (excludes halogenated alkanes) is 7. The van der Waals surface area contributed by atoms with Gasteiger partial charge in [0.05, 0.1) is 0 Å². The summed E-state index contributed by atoms with van der Waals surface area (Å²) in [7, 11) is 0. The standard InChI is InChI=1S/C15H28O2/c1-4-5-6-7-8-9-10-11-12-13(2)14(3)15(16)17/h4-12H2,1-3H3,(H,16,17). The first-order valence-electron chi connectivity index (χ1n) is 6.99. The molecular weight excluding hydrogens is 212 g/mol. The van der Waals surface area contributed by atoms with Crippen LogP contribution in [0.15, 0.2) is 11.1 Å². The second-order valence-electron chi connectivity index (χ2n) is 4.94. The van der Waals surface area contributed by atoms with Crippen LogP contribution in [0, 0.1) is 0 Å². The third-order valence-electron chi connectivity index (χ3n) is 3.37. The van der Waals surface area contributed by atoms with Crippen LogP contribution in [0.5, 0.6) is 0 Å². The van der Waals surface area contributed by atoms with Crippen molar-refractivity contribution < 1.29 is 9.90 Å². The van der Waals surface area contributed by atoms with Gasteiger partial charge in [-0.1, -0.05) is 57.4 Å². The van der Waals surface area contributed by atoms with Crippen LogP contribution < -0.4 is 0 Å². The minimum Gasteiger partial charge on any atom is -0.478 e. The third-order valence-corrected chi connectivity index (χ3v) is 3.37. The fourth-order valence-electron chi connectivity index (χ4n) is 1.89. The van der Waals surface area contributed by atoms with Crippen molar-refractivity contribution in [1.29, 1.82) is 0 Å². The molecule has 0 heterocycles. The highest BCUT2D eigenvalue weighted by Crippen LogP contribution is 2.15. The summed E-state index contributed by atoms with van der Waals surface area (Å²) in [6.07, 6.45) is 11.3. The van der Waals surface area contributed by atoms with E-state index in [2.05, 4.69) is 6.92 Å². The Morgan fingerprint density at radius 2 is 1.35 bits per heavy atom. The molecule has 1 N–H and O–H groups in total. The smallest absolute Gasteiger partial charge is 0.331 e. The monoisotopic (exact) mass is 240 g/mol. The van der Waals surface area contributed by atoms with Crippen LogP contribution in [0.3, 0.4) is 0 Å². The van der Waals surface area contributed by atoms with E-state index in [-0.39, 0.29) is 0 Å². The summed E-state index contributed by atoms with van der Waals surface area (Å²) in [5.74, 6) is -0.776. The molecule has 0 aromatic carbocycles. The summed E-state index contributed by atoms with van der Waals surface area (Å²) in [5.41, 5.74) is 1.55. The molecule has 0 bridgehead atoms. The molecule has 0 aromatic heterocycles. The van der Waals surface area contributed by atoms with Gasteiger partial charge in [0.15, 0.2) is 0 Å². The fraction of sp³-hybridized carbons (Fsp3) is 0.800. The first-order chi connectivity index (χ1) is 8.09. The summed E-state index contributed by atoms with van der Waals surface area (Å²) >= 11 is 0. The molecule has 2 nitrogen and oxygen atoms in total. The predicted octanol–water partition coefficient (Wildman–Crippen LogP) is 4.94. The number of allylic oxidation sites excluding steroid dienone is 1. The summed E-state index contributed by atoms with van der Waals surface area (Å²) in [4.78, 5) is 10.7. The van der Waals surface area contributed by atoms with Gasteiger partial charge >= 0.3 is 5.97 Å². The molecular formula is C15H28O2. The first-order valence-corrected chi connectivity index (χ1v) is 6.99. The average molecular weight is 240 g/mol. The van der Waals surface area contributed by atoms with Crippen molar-refractivity contribution in [2.75, 3.05) is 0 Å². The Labute approximate surface area is 106 Å². The van der Waals surface area contributed by atoms with Gasteiger partial charge in [-0.25, -0.2) is 4.79 Å². The lowest BCUT2D eigenvalue weighted by Crippen LogP contribution is -1.99. The lowest BCUT2D eigenvalue weighted by molar-refractivity contribution is -0.132. The summed E-state index contributed by atoms with van der Waals surface area (Å²) < 4.78 is 0. The molecule has 0 spiro atoms. The van der Waals surface area contributed by atoms with Gasteiger partial charge in [0.25, 0.3) is 0 Å². The quantitative estimate of drug-likeness (QED) is 0.434. The summed E-state index contributed by atoms with van der Waals surface area (Å²) in [6.45, 7) is 5.87. The van der Waals surface area contributed by atoms with Gasteiger partial charge in [-0.3, -0.25) is 0 Å². The Morgan fingerprint density at radius 3 is 1.82 bits per heavy atom. The molecule has 0 rings (SSSR count). The van der Waals surface area contributed by atoms with Crippen LogP contribution in [0.1, 0.15) is 78.6 Å². The van der Waals surface area contributed by atoms with Crippen molar-refractivity contribution in [3.8, 4) is 0 Å². The molecule has 0 radical (unpaired) electrons. The Morgan fingerprint density at radius 1 is 0.882 bits per heavy atom. The lowest BCUT2D eigenvalue weighted by atomic mass is 10.0. The van der Waals surface area contributed by atoms with E-state index in [1.54, 1.807) is 6.92 Å². The molecule has 0 aliphatic rings. The van der Waals surface area contributed by atoms with Gasteiger partial charge in [-0.05, 0) is 26.7 Å². The van der Waals surface area contributed by atoms with Crippen LogP contribution in [0.4, 0.5) is 0 Å². The molecule has 0 unspecified atom stereocenters. The number of carboxylic acids is 1. The van der Waals surface area contributed by atoms with Gasteiger partial charge in [-0.15, -0.1) is 0 Å². The van der Waals surface area contributed by atoms with Crippen LogP contribution >= 0.6 is 0 Å². The minimum absolute atomic E-state index is 0.521. The van der Waals surface area contributed by atoms with Crippen molar-refractivity contribution in [1.82, 2.24) is 0 Å². The maximum atomic E-state index is 10.7. The number of hydrogen-bond donors (Lipinski definition) is 1. The van der Waals surface area contributed by atoms with E-state index in [1.807, 2.05) is 6.92 Å². The second kappa shape index (κ2) is 10.4. The Bertz CT molecular complexity index is 241. The van der Waals surface area contributed by atoms with Crippen molar-refractivity contribution in [3.05, 3.63) is 11.1 Å². The third kappa shape index (κ3) is 8.96. The van der Waals surface area contributed by atoms with E-state index in [1.165, 1.54) is 44.9 Å². The van der Waals surface area contributed by atoms with Gasteiger partial charge in [0.1, 0.15) is 0 Å². The maximum absolute atomic E-state index is 10.7. The molecule has 0 saturated carbocycles. The molecule has 2 heteroatoms. The SMILES string of the molecule is CCCCCCCCCCC(C)=C(C)C(=O)O. The fourth-order valence-corrected chi connectivity index (χ4v) is 1.89. The lowest BCUT2D eigenvalue weighted by Gasteiger charge is -2.04. The number of hydrogen-bond acceptors (Lipinski definition) is 1. The van der Waals surface area contributed by atoms with Crippen molar-refractivity contribution >= 4 is 5.97 Å². The van der Waals surface area contributed by atoms with Crippen LogP contribution in [0.25, 0.3) is 0 Å². The molecule has 17 heavy (non-hydrogen) atoms. The summed E-state index contributed by atoms with van der Waals surface area (Å²) in [5, 5.41) is 8.82. The van der Waals surface area contributed by atoms with E-state index in [9.17, 15) is 4.79 Å². The number of carboxylic acid groups (broad SMARTS) is 1. The average Bonchev–Trinajstić information content (AvgIpc) is 2.31. The zero-order valence-electron chi connectivity index (χ0n) is 11.7. The van der Waals surface area contributed by atoms with Gasteiger partial charge < -0.3 is 5.11 Å².